The maximum atomic E-state index is 11.9. The van der Waals surface area contributed by atoms with Crippen molar-refractivity contribution >= 4 is 16.9 Å². The second kappa shape index (κ2) is 5.45. The number of benzene rings is 1. The van der Waals surface area contributed by atoms with Crippen LogP contribution in [0.25, 0.3) is 0 Å². The van der Waals surface area contributed by atoms with Gasteiger partial charge in [-0.25, -0.2) is 0 Å². The Labute approximate surface area is 114 Å². The lowest BCUT2D eigenvalue weighted by Gasteiger charge is -2.30. The predicted octanol–water partition coefficient (Wildman–Crippen LogP) is 3.56. The van der Waals surface area contributed by atoms with Gasteiger partial charge in [0.25, 0.3) is 0 Å². The molecular formula is C15H22O2S. The largest absolute Gasteiger partial charge is 0.387 e. The van der Waals surface area contributed by atoms with E-state index in [1.807, 2.05) is 32.9 Å². The van der Waals surface area contributed by atoms with Crippen LogP contribution in [0, 0.1) is 26.2 Å². The monoisotopic (exact) mass is 266 g/mol. The Bertz CT molecular complexity index is 441. The second-order valence-corrected chi connectivity index (χ2v) is 6.21. The van der Waals surface area contributed by atoms with E-state index < -0.39 is 11.5 Å². The van der Waals surface area contributed by atoms with Crippen molar-refractivity contribution in [2.75, 3.05) is 6.26 Å². The van der Waals surface area contributed by atoms with E-state index in [1.165, 1.54) is 17.3 Å². The average Bonchev–Trinajstić information content (AvgIpc) is 2.26. The zero-order valence-corrected chi connectivity index (χ0v) is 12.8. The van der Waals surface area contributed by atoms with E-state index in [9.17, 15) is 9.90 Å². The first-order valence-corrected chi connectivity index (χ1v) is 7.28. The fraction of sp³-hybridized carbons (Fsp3) is 0.533. The Morgan fingerprint density at radius 1 is 1.22 bits per heavy atom. The summed E-state index contributed by atoms with van der Waals surface area (Å²) in [6.07, 6.45) is 0.990. The van der Waals surface area contributed by atoms with Crippen LogP contribution >= 0.6 is 11.8 Å². The summed E-state index contributed by atoms with van der Waals surface area (Å²) in [6.45, 7) is 9.61. The molecule has 0 aliphatic carbocycles. The quantitative estimate of drug-likeness (QED) is 0.909. The van der Waals surface area contributed by atoms with Gasteiger partial charge >= 0.3 is 0 Å². The molecule has 0 heterocycles. The van der Waals surface area contributed by atoms with Crippen LogP contribution in [0.5, 0.6) is 0 Å². The lowest BCUT2D eigenvalue weighted by atomic mass is 9.80. The highest BCUT2D eigenvalue weighted by Gasteiger charge is 2.37. The van der Waals surface area contributed by atoms with Crippen LogP contribution in [0.3, 0.4) is 0 Å². The third-order valence-corrected chi connectivity index (χ3v) is 4.30. The van der Waals surface area contributed by atoms with Gasteiger partial charge in [-0.2, -0.15) is 0 Å². The van der Waals surface area contributed by atoms with Crippen LogP contribution in [-0.4, -0.2) is 16.5 Å². The van der Waals surface area contributed by atoms with Crippen molar-refractivity contribution in [3.05, 3.63) is 34.4 Å². The Morgan fingerprint density at radius 2 is 1.67 bits per heavy atom. The Morgan fingerprint density at radius 3 is 2.06 bits per heavy atom. The van der Waals surface area contributed by atoms with Crippen LogP contribution in [-0.2, 0) is 4.79 Å². The standard InChI is InChI=1S/C15H22O2S/c1-9-7-10(2)12(11(3)8-9)13(16)15(4,5)14(17)18-6/h7-8,13,16H,1-6H3. The number of carbonyl (C=O) groups excluding carboxylic acids is 1. The molecule has 2 nitrogen and oxygen atoms in total. The first kappa shape index (κ1) is 15.3. The van der Waals surface area contributed by atoms with E-state index >= 15 is 0 Å². The summed E-state index contributed by atoms with van der Waals surface area (Å²) < 4.78 is 0. The van der Waals surface area contributed by atoms with E-state index in [4.69, 9.17) is 0 Å². The van der Waals surface area contributed by atoms with Crippen molar-refractivity contribution < 1.29 is 9.90 Å². The first-order chi connectivity index (χ1) is 8.21. The van der Waals surface area contributed by atoms with E-state index in [0.29, 0.717) is 0 Å². The molecule has 1 atom stereocenters. The number of thioether (sulfide) groups is 1. The molecule has 0 aliphatic heterocycles. The number of hydrogen-bond donors (Lipinski definition) is 1. The van der Waals surface area contributed by atoms with Gasteiger partial charge in [0, 0.05) is 0 Å². The molecule has 0 aromatic heterocycles. The molecule has 0 amide bonds. The fourth-order valence-corrected chi connectivity index (χ4v) is 3.00. The molecule has 0 fully saturated rings. The molecule has 100 valence electrons. The number of carbonyl (C=O) groups is 1. The zero-order chi connectivity index (χ0) is 14.1. The van der Waals surface area contributed by atoms with Crippen LogP contribution < -0.4 is 0 Å². The third kappa shape index (κ3) is 2.78. The van der Waals surface area contributed by atoms with Crippen molar-refractivity contribution in [2.24, 2.45) is 5.41 Å². The summed E-state index contributed by atoms with van der Waals surface area (Å²) in [6, 6.07) is 4.09. The molecular weight excluding hydrogens is 244 g/mol. The number of aliphatic hydroxyl groups is 1. The van der Waals surface area contributed by atoms with E-state index in [2.05, 4.69) is 0 Å². The van der Waals surface area contributed by atoms with Gasteiger partial charge in [-0.3, -0.25) is 4.79 Å². The van der Waals surface area contributed by atoms with Gasteiger partial charge in [0.15, 0.2) is 5.12 Å². The first-order valence-electron chi connectivity index (χ1n) is 6.06. The van der Waals surface area contributed by atoms with Crippen molar-refractivity contribution in [1.29, 1.82) is 0 Å². The highest BCUT2D eigenvalue weighted by molar-refractivity contribution is 8.13. The maximum Gasteiger partial charge on any atom is 0.197 e. The summed E-state index contributed by atoms with van der Waals surface area (Å²) in [4.78, 5) is 11.9. The van der Waals surface area contributed by atoms with Gasteiger partial charge in [0.2, 0.25) is 0 Å². The summed E-state index contributed by atoms with van der Waals surface area (Å²) >= 11 is 1.17. The minimum atomic E-state index is -0.774. The topological polar surface area (TPSA) is 37.3 Å². The molecule has 18 heavy (non-hydrogen) atoms. The van der Waals surface area contributed by atoms with Gasteiger partial charge < -0.3 is 5.11 Å². The maximum absolute atomic E-state index is 11.9. The van der Waals surface area contributed by atoms with Crippen LogP contribution in [0.4, 0.5) is 0 Å². The molecule has 1 aromatic rings. The highest BCUT2D eigenvalue weighted by Crippen LogP contribution is 2.39. The fourth-order valence-electron chi connectivity index (χ4n) is 2.36. The number of rotatable bonds is 3. The third-order valence-electron chi connectivity index (χ3n) is 3.41. The number of aliphatic hydroxyl groups excluding tert-OH is 1. The van der Waals surface area contributed by atoms with E-state index in [-0.39, 0.29) is 5.12 Å². The Hall–Kier alpha value is -0.800. The zero-order valence-electron chi connectivity index (χ0n) is 12.0. The summed E-state index contributed by atoms with van der Waals surface area (Å²) in [5.74, 6) is 0. The summed E-state index contributed by atoms with van der Waals surface area (Å²) in [5, 5.41) is 10.6. The van der Waals surface area contributed by atoms with Crippen LogP contribution in [0.2, 0.25) is 0 Å². The van der Waals surface area contributed by atoms with Crippen LogP contribution in [0.1, 0.15) is 42.2 Å². The van der Waals surface area contributed by atoms with Gasteiger partial charge in [0.05, 0.1) is 11.5 Å². The molecule has 1 unspecified atom stereocenters. The van der Waals surface area contributed by atoms with E-state index in [1.54, 1.807) is 20.1 Å². The molecule has 0 saturated heterocycles. The average molecular weight is 266 g/mol. The second-order valence-electron chi connectivity index (χ2n) is 5.43. The van der Waals surface area contributed by atoms with Crippen LogP contribution in [0.15, 0.2) is 12.1 Å². The SMILES string of the molecule is CSC(=O)C(C)(C)C(O)c1c(C)cc(C)cc1C. The van der Waals surface area contributed by atoms with Gasteiger partial charge in [0.1, 0.15) is 0 Å². The number of hydrogen-bond acceptors (Lipinski definition) is 3. The molecule has 0 radical (unpaired) electrons. The smallest absolute Gasteiger partial charge is 0.197 e. The van der Waals surface area contributed by atoms with Gasteiger partial charge in [-0.1, -0.05) is 29.5 Å². The lowest BCUT2D eigenvalue weighted by molar-refractivity contribution is -0.123. The van der Waals surface area contributed by atoms with Crippen molar-refractivity contribution in [3.8, 4) is 0 Å². The van der Waals surface area contributed by atoms with Gasteiger partial charge in [-0.15, -0.1) is 0 Å². The Balaban J connectivity index is 3.27. The molecule has 1 N–H and O–H groups in total. The van der Waals surface area contributed by atoms with Crippen molar-refractivity contribution in [2.45, 2.75) is 40.7 Å². The molecule has 0 spiro atoms. The predicted molar refractivity (Wildman–Crippen MR) is 77.9 cm³/mol. The summed E-state index contributed by atoms with van der Waals surface area (Å²) in [7, 11) is 0. The minimum Gasteiger partial charge on any atom is -0.387 e. The lowest BCUT2D eigenvalue weighted by Crippen LogP contribution is -2.30. The normalized spacial score (nSPS) is 13.5. The van der Waals surface area contributed by atoms with Crippen molar-refractivity contribution in [3.63, 3.8) is 0 Å². The molecule has 1 rings (SSSR count). The molecule has 0 saturated carbocycles. The highest BCUT2D eigenvalue weighted by atomic mass is 32.2. The van der Waals surface area contributed by atoms with Gasteiger partial charge in [-0.05, 0) is 57.6 Å². The van der Waals surface area contributed by atoms with Crippen molar-refractivity contribution in [1.82, 2.24) is 0 Å². The summed E-state index contributed by atoms with van der Waals surface area (Å²) in [5.41, 5.74) is 3.37. The molecule has 1 aromatic carbocycles. The minimum absolute atomic E-state index is 0.00868. The number of aryl methyl sites for hydroxylation is 3. The molecule has 0 bridgehead atoms. The van der Waals surface area contributed by atoms with E-state index in [0.717, 1.165) is 16.7 Å². The Kier molecular flexibility index (Phi) is 4.62. The molecule has 3 heteroatoms. The molecule has 0 aliphatic rings.